The van der Waals surface area contributed by atoms with Gasteiger partial charge in [-0.3, -0.25) is 0 Å². The maximum absolute atomic E-state index is 4.83. The summed E-state index contributed by atoms with van der Waals surface area (Å²) in [4.78, 5) is 8.55. The number of nitrogens with zero attached hydrogens (tertiary/aromatic N) is 1. The number of imidazole rings is 1. The molecule has 1 N–H and O–H groups in total. The summed E-state index contributed by atoms with van der Waals surface area (Å²) in [5.41, 5.74) is 1.37. The molecular weight excluding hydrogens is 352 g/mol. The lowest BCUT2D eigenvalue weighted by Crippen LogP contribution is -2.02. The molecular formula is C27H52N2. The second-order valence-corrected chi connectivity index (χ2v) is 9.27. The zero-order valence-electron chi connectivity index (χ0n) is 20.2. The molecule has 0 amide bonds. The van der Waals surface area contributed by atoms with Gasteiger partial charge in [-0.15, -0.1) is 0 Å². The largest absolute Gasteiger partial charge is 0.346 e. The van der Waals surface area contributed by atoms with Gasteiger partial charge in [0.25, 0.3) is 0 Å². The molecule has 0 bridgehead atoms. The number of unbranched alkanes of at least 4 members (excludes halogenated alkanes) is 14. The van der Waals surface area contributed by atoms with Crippen LogP contribution in [0, 0.1) is 0 Å². The number of hydrogen-bond acceptors (Lipinski definition) is 1. The minimum Gasteiger partial charge on any atom is -0.346 e. The summed E-state index contributed by atoms with van der Waals surface area (Å²) in [5, 5.41) is 0. The van der Waals surface area contributed by atoms with Gasteiger partial charge in [-0.1, -0.05) is 124 Å². The minimum absolute atomic E-state index is 0.654. The fraction of sp³-hybridized carbons (Fsp3) is 0.889. The molecule has 1 rings (SSSR count). The van der Waals surface area contributed by atoms with Crippen LogP contribution in [0.15, 0.2) is 6.20 Å². The Kier molecular flexibility index (Phi) is 17.4. The average Bonchev–Trinajstić information content (AvgIpc) is 3.20. The van der Waals surface area contributed by atoms with Crippen molar-refractivity contribution in [2.45, 2.75) is 155 Å². The van der Waals surface area contributed by atoms with Gasteiger partial charge in [0.05, 0.1) is 0 Å². The molecule has 1 atom stereocenters. The first-order chi connectivity index (χ1) is 14.3. The molecule has 0 aliphatic carbocycles. The lowest BCUT2D eigenvalue weighted by Gasteiger charge is -2.15. The van der Waals surface area contributed by atoms with E-state index in [4.69, 9.17) is 4.98 Å². The highest BCUT2D eigenvalue weighted by Gasteiger charge is 2.15. The van der Waals surface area contributed by atoms with Gasteiger partial charge in [0.15, 0.2) is 0 Å². The highest BCUT2D eigenvalue weighted by Crippen LogP contribution is 2.27. The molecule has 0 spiro atoms. The fourth-order valence-electron chi connectivity index (χ4n) is 4.39. The van der Waals surface area contributed by atoms with Crippen LogP contribution in [0.5, 0.6) is 0 Å². The van der Waals surface area contributed by atoms with Crippen molar-refractivity contribution in [1.82, 2.24) is 9.97 Å². The van der Waals surface area contributed by atoms with Gasteiger partial charge < -0.3 is 4.98 Å². The van der Waals surface area contributed by atoms with Crippen molar-refractivity contribution in [3.8, 4) is 0 Å². The van der Waals surface area contributed by atoms with Crippen molar-refractivity contribution in [3.05, 3.63) is 17.7 Å². The highest BCUT2D eigenvalue weighted by atomic mass is 14.9. The van der Waals surface area contributed by atoms with E-state index in [9.17, 15) is 0 Å². The lowest BCUT2D eigenvalue weighted by molar-refractivity contribution is 0.475. The third kappa shape index (κ3) is 13.9. The van der Waals surface area contributed by atoms with Crippen LogP contribution in [-0.2, 0) is 6.42 Å². The number of nitrogens with one attached hydrogen (secondary N) is 1. The van der Waals surface area contributed by atoms with Crippen molar-refractivity contribution in [1.29, 1.82) is 0 Å². The Morgan fingerprint density at radius 2 is 1.07 bits per heavy atom. The van der Waals surface area contributed by atoms with Crippen molar-refractivity contribution in [2.24, 2.45) is 0 Å². The zero-order chi connectivity index (χ0) is 21.0. The normalized spacial score (nSPS) is 12.5. The Labute approximate surface area is 183 Å². The van der Waals surface area contributed by atoms with Gasteiger partial charge in [-0.2, -0.15) is 0 Å². The van der Waals surface area contributed by atoms with Crippen LogP contribution in [0.1, 0.15) is 160 Å². The van der Waals surface area contributed by atoms with Crippen molar-refractivity contribution in [3.63, 3.8) is 0 Å². The summed E-state index contributed by atoms with van der Waals surface area (Å²) in [6, 6.07) is 0. The van der Waals surface area contributed by atoms with Gasteiger partial charge in [0.1, 0.15) is 5.82 Å². The summed E-state index contributed by atoms with van der Waals surface area (Å²) in [6.45, 7) is 6.89. The monoisotopic (exact) mass is 404 g/mol. The van der Waals surface area contributed by atoms with Crippen molar-refractivity contribution >= 4 is 0 Å². The van der Waals surface area contributed by atoms with E-state index in [2.05, 4.69) is 32.0 Å². The maximum Gasteiger partial charge on any atom is 0.109 e. The number of aryl methyl sites for hydroxylation is 1. The van der Waals surface area contributed by atoms with Crippen LogP contribution in [0.3, 0.4) is 0 Å². The van der Waals surface area contributed by atoms with Gasteiger partial charge >= 0.3 is 0 Å². The van der Waals surface area contributed by atoms with Crippen molar-refractivity contribution in [2.75, 3.05) is 0 Å². The molecule has 0 fully saturated rings. The van der Waals surface area contributed by atoms with E-state index in [1.54, 1.807) is 0 Å². The van der Waals surface area contributed by atoms with E-state index < -0.39 is 0 Å². The number of aromatic nitrogens is 2. The van der Waals surface area contributed by atoms with E-state index in [1.807, 2.05) is 0 Å². The standard InChI is InChI=1S/C27H52N2/c1-4-7-10-13-16-19-22-25(21-18-15-12-9-6-3)27-28-24-26(29-27)23-20-17-14-11-8-5-2/h24-25H,4-23H2,1-3H3,(H,28,29). The minimum atomic E-state index is 0.654. The summed E-state index contributed by atoms with van der Waals surface area (Å²) >= 11 is 0. The van der Waals surface area contributed by atoms with E-state index in [0.29, 0.717) is 5.92 Å². The second-order valence-electron chi connectivity index (χ2n) is 9.27. The molecule has 2 heteroatoms. The Morgan fingerprint density at radius 1 is 0.621 bits per heavy atom. The van der Waals surface area contributed by atoms with Gasteiger partial charge in [0, 0.05) is 17.8 Å². The van der Waals surface area contributed by atoms with Crippen LogP contribution < -0.4 is 0 Å². The number of rotatable bonds is 21. The van der Waals surface area contributed by atoms with Crippen molar-refractivity contribution < 1.29 is 0 Å². The predicted octanol–water partition coefficient (Wildman–Crippen LogP) is 9.51. The first kappa shape index (κ1) is 26.2. The molecule has 0 saturated heterocycles. The number of hydrogen-bond donors (Lipinski definition) is 1. The Morgan fingerprint density at radius 3 is 1.59 bits per heavy atom. The molecule has 0 radical (unpaired) electrons. The third-order valence-corrected chi connectivity index (χ3v) is 6.40. The number of aromatic amines is 1. The van der Waals surface area contributed by atoms with Gasteiger partial charge in [-0.05, 0) is 25.7 Å². The predicted molar refractivity (Wildman–Crippen MR) is 130 cm³/mol. The average molecular weight is 405 g/mol. The second kappa shape index (κ2) is 19.2. The molecule has 0 aliphatic heterocycles. The quantitative estimate of drug-likeness (QED) is 0.203. The summed E-state index contributed by atoms with van der Waals surface area (Å²) in [7, 11) is 0. The molecule has 0 aliphatic rings. The third-order valence-electron chi connectivity index (χ3n) is 6.40. The fourth-order valence-corrected chi connectivity index (χ4v) is 4.39. The van der Waals surface area contributed by atoms with E-state index in [1.165, 1.54) is 140 Å². The molecule has 1 unspecified atom stereocenters. The summed E-state index contributed by atoms with van der Waals surface area (Å²) < 4.78 is 0. The molecule has 1 heterocycles. The highest BCUT2D eigenvalue weighted by molar-refractivity contribution is 5.06. The van der Waals surface area contributed by atoms with Gasteiger partial charge in [-0.25, -0.2) is 4.98 Å². The maximum atomic E-state index is 4.83. The van der Waals surface area contributed by atoms with Gasteiger partial charge in [0.2, 0.25) is 0 Å². The summed E-state index contributed by atoms with van der Waals surface area (Å²) in [5.74, 6) is 1.94. The Bertz CT molecular complexity index is 451. The molecule has 0 aromatic carbocycles. The topological polar surface area (TPSA) is 28.7 Å². The first-order valence-corrected chi connectivity index (χ1v) is 13.4. The Balaban J connectivity index is 2.39. The van der Waals surface area contributed by atoms with Crippen LogP contribution in [-0.4, -0.2) is 9.97 Å². The van der Waals surface area contributed by atoms with Crippen LogP contribution in [0.2, 0.25) is 0 Å². The number of H-pyrrole nitrogens is 1. The smallest absolute Gasteiger partial charge is 0.109 e. The molecule has 1 aromatic rings. The Hall–Kier alpha value is -0.790. The van der Waals surface area contributed by atoms with E-state index in [0.717, 1.165) is 0 Å². The van der Waals surface area contributed by atoms with Crippen LogP contribution in [0.4, 0.5) is 0 Å². The zero-order valence-corrected chi connectivity index (χ0v) is 20.2. The van der Waals surface area contributed by atoms with Crippen LogP contribution in [0.25, 0.3) is 0 Å². The molecule has 170 valence electrons. The molecule has 0 saturated carbocycles. The van der Waals surface area contributed by atoms with E-state index in [-0.39, 0.29) is 0 Å². The molecule has 29 heavy (non-hydrogen) atoms. The first-order valence-electron chi connectivity index (χ1n) is 13.4. The SMILES string of the molecule is CCCCCCCCc1cnc(C(CCCCCCC)CCCCCCCC)[nH]1. The van der Waals surface area contributed by atoms with E-state index >= 15 is 0 Å². The lowest BCUT2D eigenvalue weighted by atomic mass is 9.93. The molecule has 2 nitrogen and oxygen atoms in total. The summed E-state index contributed by atoms with van der Waals surface area (Å²) in [6.07, 6.45) is 29.4. The van der Waals surface area contributed by atoms with Crippen LogP contribution >= 0.6 is 0 Å². The molecule has 1 aromatic heterocycles.